The molecule has 8 heteroatoms. The molecule has 0 aliphatic rings. The summed E-state index contributed by atoms with van der Waals surface area (Å²) in [7, 11) is -1.42. The summed E-state index contributed by atoms with van der Waals surface area (Å²) in [4.78, 5) is 12.0. The van der Waals surface area contributed by atoms with E-state index in [4.69, 9.17) is 0 Å². The van der Waals surface area contributed by atoms with E-state index in [0.717, 1.165) is 11.3 Å². The first-order chi connectivity index (χ1) is 12.1. The molecule has 1 heterocycles. The predicted molar refractivity (Wildman–Crippen MR) is 95.7 cm³/mol. The quantitative estimate of drug-likeness (QED) is 0.729. The van der Waals surface area contributed by atoms with Crippen molar-refractivity contribution in [3.63, 3.8) is 0 Å². The first-order valence-electron chi connectivity index (χ1n) is 7.66. The van der Waals surface area contributed by atoms with Crippen molar-refractivity contribution in [3.05, 3.63) is 66.0 Å². The second-order valence-electron chi connectivity index (χ2n) is 5.49. The Bertz CT molecular complexity index is 878. The fourth-order valence-electron chi connectivity index (χ4n) is 2.24. The Labute approximate surface area is 147 Å². The number of carbonyl (C=O) groups excluding carboxylic acids is 1. The molecule has 0 spiro atoms. The molecule has 0 aliphatic heterocycles. The number of tetrazole rings is 1. The summed E-state index contributed by atoms with van der Waals surface area (Å²) >= 11 is 0. The Morgan fingerprint density at radius 3 is 2.56 bits per heavy atom. The summed E-state index contributed by atoms with van der Waals surface area (Å²) in [6.07, 6.45) is 0. The number of hydrogen-bond donors (Lipinski definition) is 1. The average molecular weight is 355 g/mol. The van der Waals surface area contributed by atoms with Crippen LogP contribution in [0.15, 0.2) is 54.6 Å². The number of aryl methyl sites for hydroxylation is 1. The molecule has 0 aliphatic carbocycles. The van der Waals surface area contributed by atoms with Crippen molar-refractivity contribution in [2.24, 2.45) is 0 Å². The summed E-state index contributed by atoms with van der Waals surface area (Å²) in [6, 6.07) is 16.8. The highest BCUT2D eigenvalue weighted by Crippen LogP contribution is 2.10. The predicted octanol–water partition coefficient (Wildman–Crippen LogP) is 1.86. The van der Waals surface area contributed by atoms with Gasteiger partial charge in [0.1, 0.15) is 5.75 Å². The fraction of sp³-hybridized carbons (Fsp3) is 0.176. The molecule has 3 rings (SSSR count). The highest BCUT2D eigenvalue weighted by atomic mass is 32.2. The van der Waals surface area contributed by atoms with Crippen molar-refractivity contribution >= 4 is 22.4 Å². The minimum atomic E-state index is -1.42. The first-order valence-corrected chi connectivity index (χ1v) is 9.15. The normalized spacial score (nSPS) is 11.9. The van der Waals surface area contributed by atoms with Crippen molar-refractivity contribution in [3.8, 4) is 5.69 Å². The Kier molecular flexibility index (Phi) is 5.30. The van der Waals surface area contributed by atoms with E-state index < -0.39 is 10.8 Å². The molecule has 0 radical (unpaired) electrons. The largest absolute Gasteiger partial charge is 0.325 e. The molecule has 1 atom stereocenters. The van der Waals surface area contributed by atoms with Gasteiger partial charge in [-0.25, -0.2) is 0 Å². The molecule has 1 N–H and O–H groups in total. The third-order valence-electron chi connectivity index (χ3n) is 3.45. The zero-order chi connectivity index (χ0) is 17.6. The zero-order valence-electron chi connectivity index (χ0n) is 13.6. The van der Waals surface area contributed by atoms with Gasteiger partial charge >= 0.3 is 0 Å². The van der Waals surface area contributed by atoms with Crippen molar-refractivity contribution in [2.45, 2.75) is 12.7 Å². The lowest BCUT2D eigenvalue weighted by molar-refractivity contribution is -0.113. The Morgan fingerprint density at radius 1 is 1.12 bits per heavy atom. The van der Waals surface area contributed by atoms with Crippen molar-refractivity contribution in [1.29, 1.82) is 0 Å². The van der Waals surface area contributed by atoms with Crippen LogP contribution in [0.5, 0.6) is 0 Å². The maximum atomic E-state index is 12.3. The van der Waals surface area contributed by atoms with E-state index in [-0.39, 0.29) is 17.4 Å². The Morgan fingerprint density at radius 2 is 1.84 bits per heavy atom. The molecule has 1 aromatic heterocycles. The van der Waals surface area contributed by atoms with Crippen molar-refractivity contribution in [1.82, 2.24) is 20.2 Å². The lowest BCUT2D eigenvalue weighted by Crippen LogP contribution is -2.21. The molecule has 7 nitrogen and oxygen atoms in total. The number of aromatic nitrogens is 4. The zero-order valence-corrected chi connectivity index (χ0v) is 14.4. The number of anilines is 1. The molecule has 0 unspecified atom stereocenters. The molecule has 2 aromatic carbocycles. The van der Waals surface area contributed by atoms with E-state index in [0.29, 0.717) is 11.5 Å². The van der Waals surface area contributed by atoms with E-state index in [1.54, 1.807) is 0 Å². The summed E-state index contributed by atoms with van der Waals surface area (Å²) in [5.41, 5.74) is 2.57. The summed E-state index contributed by atoms with van der Waals surface area (Å²) in [6.45, 7) is 1.97. The molecule has 0 bridgehead atoms. The topological polar surface area (TPSA) is 89.8 Å². The van der Waals surface area contributed by atoms with Gasteiger partial charge in [0.2, 0.25) is 5.91 Å². The maximum absolute atomic E-state index is 12.3. The molecule has 25 heavy (non-hydrogen) atoms. The van der Waals surface area contributed by atoms with Gasteiger partial charge in [0, 0.05) is 16.5 Å². The molecular weight excluding hydrogens is 338 g/mol. The minimum Gasteiger partial charge on any atom is -0.325 e. The van der Waals surface area contributed by atoms with E-state index in [9.17, 15) is 9.00 Å². The van der Waals surface area contributed by atoms with Gasteiger partial charge in [-0.15, -0.1) is 5.10 Å². The van der Waals surface area contributed by atoms with E-state index in [1.165, 1.54) is 4.68 Å². The summed E-state index contributed by atoms with van der Waals surface area (Å²) < 4.78 is 13.8. The van der Waals surface area contributed by atoms with E-state index >= 15 is 0 Å². The lowest BCUT2D eigenvalue weighted by atomic mass is 10.2. The average Bonchev–Trinajstić information content (AvgIpc) is 3.05. The van der Waals surface area contributed by atoms with Crippen LogP contribution in [0.4, 0.5) is 5.69 Å². The molecular formula is C17H17N5O2S. The van der Waals surface area contributed by atoms with Gasteiger partial charge in [-0.05, 0) is 41.6 Å². The number of carbonyl (C=O) groups is 1. The van der Waals surface area contributed by atoms with Gasteiger partial charge in [-0.3, -0.25) is 9.00 Å². The number of amides is 1. The number of rotatable bonds is 6. The van der Waals surface area contributed by atoms with Crippen LogP contribution in [-0.4, -0.2) is 36.1 Å². The molecule has 0 saturated carbocycles. The Hall–Kier alpha value is -2.87. The van der Waals surface area contributed by atoms with E-state index in [2.05, 4.69) is 20.8 Å². The highest BCUT2D eigenvalue weighted by molar-refractivity contribution is 7.84. The van der Waals surface area contributed by atoms with Crippen LogP contribution < -0.4 is 5.32 Å². The number of nitrogens with one attached hydrogen (secondary N) is 1. The molecule has 128 valence electrons. The second kappa shape index (κ2) is 7.80. The van der Waals surface area contributed by atoms with Gasteiger partial charge in [0.25, 0.3) is 0 Å². The van der Waals surface area contributed by atoms with Crippen LogP contribution >= 0.6 is 0 Å². The van der Waals surface area contributed by atoms with Gasteiger partial charge in [-0.2, -0.15) is 4.68 Å². The van der Waals surface area contributed by atoms with Gasteiger partial charge < -0.3 is 5.32 Å². The summed E-state index contributed by atoms with van der Waals surface area (Å²) in [5, 5.41) is 14.2. The van der Waals surface area contributed by atoms with Gasteiger partial charge in [0.05, 0.1) is 11.4 Å². The highest BCUT2D eigenvalue weighted by Gasteiger charge is 2.14. The summed E-state index contributed by atoms with van der Waals surface area (Å²) in [5.74, 6) is 0.132. The lowest BCUT2D eigenvalue weighted by Gasteiger charge is -2.06. The minimum absolute atomic E-state index is 0.100. The van der Waals surface area contributed by atoms with Gasteiger partial charge in [0.15, 0.2) is 5.82 Å². The van der Waals surface area contributed by atoms with E-state index in [1.807, 2.05) is 61.5 Å². The molecule has 0 fully saturated rings. The molecule has 1 amide bonds. The van der Waals surface area contributed by atoms with Crippen LogP contribution in [-0.2, 0) is 21.3 Å². The Balaban J connectivity index is 1.61. The van der Waals surface area contributed by atoms with Crippen molar-refractivity contribution < 1.29 is 9.00 Å². The van der Waals surface area contributed by atoms with Crippen molar-refractivity contribution in [2.75, 3.05) is 11.1 Å². The van der Waals surface area contributed by atoms with Crippen LogP contribution in [0.3, 0.4) is 0 Å². The fourth-order valence-corrected chi connectivity index (χ4v) is 3.18. The number of para-hydroxylation sites is 1. The van der Waals surface area contributed by atoms with Gasteiger partial charge in [-0.1, -0.05) is 35.9 Å². The van der Waals surface area contributed by atoms with Crippen LogP contribution in [0, 0.1) is 6.92 Å². The third kappa shape index (κ3) is 4.57. The van der Waals surface area contributed by atoms with Crippen LogP contribution in [0.25, 0.3) is 5.69 Å². The smallest absolute Gasteiger partial charge is 0.237 e. The SMILES string of the molecule is Cc1ccc(NC(=O)C[S@@](=O)Cc2nnnn2-c2ccccc2)cc1. The number of benzene rings is 2. The monoisotopic (exact) mass is 355 g/mol. The van der Waals surface area contributed by atoms with Crippen LogP contribution in [0.1, 0.15) is 11.4 Å². The van der Waals surface area contributed by atoms with Crippen LogP contribution in [0.2, 0.25) is 0 Å². The second-order valence-corrected chi connectivity index (χ2v) is 6.94. The first kappa shape index (κ1) is 17.0. The number of hydrogen-bond acceptors (Lipinski definition) is 5. The number of nitrogens with zero attached hydrogens (tertiary/aromatic N) is 4. The molecule has 3 aromatic rings. The molecule has 0 saturated heterocycles. The maximum Gasteiger partial charge on any atom is 0.237 e. The third-order valence-corrected chi connectivity index (χ3v) is 4.62. The standard InChI is InChI=1S/C17H17N5O2S/c1-13-7-9-14(10-8-13)18-17(23)12-25(24)11-16-19-20-21-22(16)15-5-3-2-4-6-15/h2-10H,11-12H2,1H3,(H,18,23)/t25-/m0/s1.